The molecular weight excluding hydrogens is 1230 g/mol. The molecule has 0 fully saturated rings. The van der Waals surface area contributed by atoms with Crippen LogP contribution in [0.4, 0.5) is 0 Å². The Kier molecular flexibility index (Phi) is 65.5. The quantitative estimate of drug-likeness (QED) is 0.0222. The minimum absolute atomic E-state index is 0.107. The van der Waals surface area contributed by atoms with Crippen LogP contribution >= 0.6 is 15.6 Å². The van der Waals surface area contributed by atoms with Gasteiger partial charge in [-0.15, -0.1) is 0 Å². The highest BCUT2D eigenvalue weighted by atomic mass is 31.2. The van der Waals surface area contributed by atoms with Crippen molar-refractivity contribution in [2.24, 2.45) is 11.8 Å². The Balaban J connectivity index is 5.15. The molecule has 558 valence electrons. The third-order valence-corrected chi connectivity index (χ3v) is 20.1. The standard InChI is InChI=1S/C75H146O17P2/c1-7-11-13-15-16-17-18-23-31-36-41-47-53-59-74(79)91-70(63-85-72(77)57-51-43-14-12-8-2)65-89-93(81,82)87-61-69(76)62-88-94(83,84)90-66-71(92-75(80)60-54-48-42-37-32-27-22-20-25-29-34-39-45-50-56-68(6)10-4)64-86-73(78)58-52-46-40-35-30-26-21-19-24-28-33-38-44-49-55-67(5)9-3/h67-71,76H,7-66H2,1-6H3,(H,81,82)(H,83,84)/t67?,68?,69-,70+,71+/m0/s1. The lowest BCUT2D eigenvalue weighted by molar-refractivity contribution is -0.161. The van der Waals surface area contributed by atoms with E-state index in [0.717, 1.165) is 108 Å². The zero-order valence-corrected chi connectivity index (χ0v) is 63.1. The van der Waals surface area contributed by atoms with E-state index in [1.807, 2.05) is 0 Å². The Hall–Kier alpha value is -1.94. The van der Waals surface area contributed by atoms with Gasteiger partial charge >= 0.3 is 39.5 Å². The molecule has 17 nitrogen and oxygen atoms in total. The lowest BCUT2D eigenvalue weighted by atomic mass is 9.99. The molecule has 0 bridgehead atoms. The molecule has 7 atom stereocenters. The van der Waals surface area contributed by atoms with Crippen LogP contribution in [-0.4, -0.2) is 96.7 Å². The largest absolute Gasteiger partial charge is 0.472 e. The van der Waals surface area contributed by atoms with E-state index in [4.69, 9.17) is 37.0 Å². The second kappa shape index (κ2) is 66.9. The lowest BCUT2D eigenvalue weighted by Gasteiger charge is -2.21. The number of esters is 4. The summed E-state index contributed by atoms with van der Waals surface area (Å²) in [6, 6.07) is 0. The molecule has 0 aromatic rings. The van der Waals surface area contributed by atoms with Crippen LogP contribution in [0.3, 0.4) is 0 Å². The Morgan fingerprint density at radius 2 is 0.511 bits per heavy atom. The number of carbonyl (C=O) groups is 4. The van der Waals surface area contributed by atoms with Gasteiger partial charge in [-0.25, -0.2) is 9.13 Å². The van der Waals surface area contributed by atoms with Crippen molar-refractivity contribution >= 4 is 39.5 Å². The zero-order valence-electron chi connectivity index (χ0n) is 61.3. The molecule has 19 heteroatoms. The van der Waals surface area contributed by atoms with Gasteiger partial charge in [0.25, 0.3) is 0 Å². The molecule has 3 N–H and O–H groups in total. The van der Waals surface area contributed by atoms with E-state index in [-0.39, 0.29) is 25.7 Å². The number of hydrogen-bond donors (Lipinski definition) is 3. The van der Waals surface area contributed by atoms with E-state index < -0.39 is 97.5 Å². The first-order valence-electron chi connectivity index (χ1n) is 39.1. The van der Waals surface area contributed by atoms with Crippen molar-refractivity contribution in [3.63, 3.8) is 0 Å². The predicted octanol–water partition coefficient (Wildman–Crippen LogP) is 21.9. The average molecular weight is 1380 g/mol. The third kappa shape index (κ3) is 66.0. The highest BCUT2D eigenvalue weighted by Gasteiger charge is 2.30. The summed E-state index contributed by atoms with van der Waals surface area (Å²) in [5.74, 6) is -0.431. The Morgan fingerprint density at radius 3 is 0.755 bits per heavy atom. The van der Waals surface area contributed by atoms with E-state index in [9.17, 15) is 43.2 Å². The summed E-state index contributed by atoms with van der Waals surface area (Å²) in [6.45, 7) is 9.61. The monoisotopic (exact) mass is 1380 g/mol. The number of hydrogen-bond acceptors (Lipinski definition) is 15. The van der Waals surface area contributed by atoms with Gasteiger partial charge in [0.2, 0.25) is 0 Å². The van der Waals surface area contributed by atoms with Gasteiger partial charge in [-0.2, -0.15) is 0 Å². The molecule has 94 heavy (non-hydrogen) atoms. The molecular formula is C75H146O17P2. The van der Waals surface area contributed by atoms with Gasteiger partial charge in [0, 0.05) is 25.7 Å². The molecule has 4 unspecified atom stereocenters. The Labute approximate surface area is 575 Å². The fourth-order valence-electron chi connectivity index (χ4n) is 11.4. The normalized spacial score (nSPS) is 14.6. The number of phosphoric ester groups is 2. The molecule has 0 rings (SSSR count). The highest BCUT2D eigenvalue weighted by Crippen LogP contribution is 2.45. The minimum Gasteiger partial charge on any atom is -0.462 e. The number of carbonyl (C=O) groups excluding carboxylic acids is 4. The van der Waals surface area contributed by atoms with Crippen molar-refractivity contribution in [1.29, 1.82) is 0 Å². The summed E-state index contributed by atoms with van der Waals surface area (Å²) >= 11 is 0. The van der Waals surface area contributed by atoms with E-state index in [2.05, 4.69) is 41.5 Å². The number of phosphoric acid groups is 2. The number of aliphatic hydroxyl groups excluding tert-OH is 1. The van der Waals surface area contributed by atoms with Crippen molar-refractivity contribution in [2.45, 2.75) is 407 Å². The molecule has 0 amide bonds. The second-order valence-electron chi connectivity index (χ2n) is 27.5. The first kappa shape index (κ1) is 92.1. The van der Waals surface area contributed by atoms with Crippen molar-refractivity contribution in [3.8, 4) is 0 Å². The number of ether oxygens (including phenoxy) is 4. The fourth-order valence-corrected chi connectivity index (χ4v) is 13.0. The van der Waals surface area contributed by atoms with Crippen molar-refractivity contribution < 1.29 is 80.2 Å². The molecule has 0 radical (unpaired) electrons. The molecule has 0 spiro atoms. The molecule has 0 aliphatic heterocycles. The van der Waals surface area contributed by atoms with Crippen LogP contribution in [0.1, 0.15) is 388 Å². The van der Waals surface area contributed by atoms with E-state index in [0.29, 0.717) is 25.7 Å². The summed E-state index contributed by atoms with van der Waals surface area (Å²) in [5, 5.41) is 10.6. The van der Waals surface area contributed by atoms with Crippen molar-refractivity contribution in [2.75, 3.05) is 39.6 Å². The van der Waals surface area contributed by atoms with Gasteiger partial charge in [0.1, 0.15) is 19.3 Å². The molecule has 0 saturated heterocycles. The zero-order chi connectivity index (χ0) is 69.3. The summed E-state index contributed by atoms with van der Waals surface area (Å²) < 4.78 is 68.3. The first-order valence-corrected chi connectivity index (χ1v) is 42.1. The Morgan fingerprint density at radius 1 is 0.298 bits per heavy atom. The summed E-state index contributed by atoms with van der Waals surface area (Å²) in [6.07, 6.45) is 54.3. The number of aliphatic hydroxyl groups is 1. The van der Waals surface area contributed by atoms with Gasteiger partial charge in [-0.1, -0.05) is 337 Å². The topological polar surface area (TPSA) is 237 Å². The lowest BCUT2D eigenvalue weighted by Crippen LogP contribution is -2.30. The van der Waals surface area contributed by atoms with Crippen LogP contribution in [0.25, 0.3) is 0 Å². The van der Waals surface area contributed by atoms with E-state index in [1.165, 1.54) is 199 Å². The van der Waals surface area contributed by atoms with Crippen molar-refractivity contribution in [3.05, 3.63) is 0 Å². The SMILES string of the molecule is CCCCCCCCCCCCCCCC(=O)O[C@H](COC(=O)CCCCCCC)COP(=O)(O)OC[C@H](O)COP(=O)(O)OC[C@@H](COC(=O)CCCCCCCCCCCCCCCCC(C)CC)OC(=O)CCCCCCCCCCCCCCCCC(C)CC. The van der Waals surface area contributed by atoms with E-state index >= 15 is 0 Å². The van der Waals surface area contributed by atoms with Crippen LogP contribution in [0.5, 0.6) is 0 Å². The highest BCUT2D eigenvalue weighted by molar-refractivity contribution is 7.47. The maximum Gasteiger partial charge on any atom is 0.472 e. The summed E-state index contributed by atoms with van der Waals surface area (Å²) in [5.41, 5.74) is 0. The maximum atomic E-state index is 13.1. The van der Waals surface area contributed by atoms with Crippen LogP contribution in [0, 0.1) is 11.8 Å². The van der Waals surface area contributed by atoms with E-state index in [1.54, 1.807) is 0 Å². The van der Waals surface area contributed by atoms with Crippen LogP contribution in [0.15, 0.2) is 0 Å². The molecule has 0 heterocycles. The van der Waals surface area contributed by atoms with Gasteiger partial charge in [-0.05, 0) is 37.5 Å². The Bertz CT molecular complexity index is 1820. The smallest absolute Gasteiger partial charge is 0.462 e. The van der Waals surface area contributed by atoms with Gasteiger partial charge in [0.05, 0.1) is 26.4 Å². The van der Waals surface area contributed by atoms with Crippen molar-refractivity contribution in [1.82, 2.24) is 0 Å². The van der Waals surface area contributed by atoms with Gasteiger partial charge < -0.3 is 33.8 Å². The summed E-state index contributed by atoms with van der Waals surface area (Å²) in [7, 11) is -9.90. The minimum atomic E-state index is -4.95. The first-order chi connectivity index (χ1) is 45.4. The van der Waals surface area contributed by atoms with Crippen LogP contribution < -0.4 is 0 Å². The summed E-state index contributed by atoms with van der Waals surface area (Å²) in [4.78, 5) is 72.5. The second-order valence-corrected chi connectivity index (χ2v) is 30.4. The molecule has 0 aromatic heterocycles. The number of rotatable bonds is 74. The van der Waals surface area contributed by atoms with Gasteiger partial charge in [0.15, 0.2) is 12.2 Å². The fraction of sp³-hybridized carbons (Fsp3) is 0.947. The maximum absolute atomic E-state index is 13.1. The van der Waals surface area contributed by atoms with Crippen LogP contribution in [0.2, 0.25) is 0 Å². The van der Waals surface area contributed by atoms with Gasteiger partial charge in [-0.3, -0.25) is 37.3 Å². The molecule has 0 aliphatic carbocycles. The van der Waals surface area contributed by atoms with Crippen LogP contribution in [-0.2, 0) is 65.4 Å². The molecule has 0 aliphatic rings. The third-order valence-electron chi connectivity index (χ3n) is 18.2. The number of unbranched alkanes of at least 4 members (excludes halogenated alkanes) is 42. The molecule has 0 saturated carbocycles. The molecule has 0 aromatic carbocycles. The average Bonchev–Trinajstić information content (AvgIpc) is 1.51. The predicted molar refractivity (Wildman–Crippen MR) is 381 cm³/mol.